The molecule has 39 heavy (non-hydrogen) atoms. The van der Waals surface area contributed by atoms with E-state index in [1.165, 1.54) is 4.68 Å². The van der Waals surface area contributed by atoms with Gasteiger partial charge in [-0.15, -0.1) is 0 Å². The zero-order chi connectivity index (χ0) is 27.6. The minimum Gasteiger partial charge on any atom is -0.442 e. The van der Waals surface area contributed by atoms with Gasteiger partial charge in [-0.1, -0.05) is 5.92 Å². The molecule has 0 bridgehead atoms. The van der Waals surface area contributed by atoms with Crippen molar-refractivity contribution in [2.75, 3.05) is 11.9 Å². The van der Waals surface area contributed by atoms with E-state index >= 15 is 0 Å². The van der Waals surface area contributed by atoms with Crippen LogP contribution in [0.2, 0.25) is 0 Å². The predicted octanol–water partition coefficient (Wildman–Crippen LogP) is 4.84. The van der Waals surface area contributed by atoms with Crippen LogP contribution < -0.4 is 5.32 Å². The number of nitrogens with zero attached hydrogens (tertiary/aromatic N) is 6. The third-order valence-electron chi connectivity index (χ3n) is 6.05. The van der Waals surface area contributed by atoms with Crippen LogP contribution in [0.3, 0.4) is 0 Å². The number of carbonyl (C=O) groups is 1. The highest BCUT2D eigenvalue weighted by molar-refractivity contribution is 5.88. The topological polar surface area (TPSA) is 117 Å². The van der Waals surface area contributed by atoms with E-state index in [1.807, 2.05) is 32.9 Å². The van der Waals surface area contributed by atoms with Gasteiger partial charge in [0.1, 0.15) is 17.0 Å². The molecule has 3 aromatic heterocycles. The van der Waals surface area contributed by atoms with Gasteiger partial charge in [0.25, 0.3) is 0 Å². The van der Waals surface area contributed by atoms with Gasteiger partial charge in [-0.25, -0.2) is 24.7 Å². The second kappa shape index (κ2) is 10.4. The molecule has 0 saturated carbocycles. The van der Waals surface area contributed by atoms with E-state index in [2.05, 4.69) is 56.0 Å². The maximum Gasteiger partial charge on any atom is 0.435 e. The first-order valence-electron chi connectivity index (χ1n) is 12.9. The zero-order valence-electron chi connectivity index (χ0n) is 22.7. The maximum absolute atomic E-state index is 12.4. The Labute approximate surface area is 227 Å². The smallest absolute Gasteiger partial charge is 0.435 e. The van der Waals surface area contributed by atoms with Crippen molar-refractivity contribution in [3.05, 3.63) is 60.2 Å². The number of benzene rings is 1. The SMILES string of the molecule is CC(C)(C)OC(=O)n1ncc2cc(C#Cc3ccnc(-c4ccnc(NCC5CCC(C)(C)O5)n4)n3)ccc21. The molecule has 1 atom stereocenters. The van der Waals surface area contributed by atoms with Crippen molar-refractivity contribution < 1.29 is 14.3 Å². The Morgan fingerprint density at radius 3 is 2.74 bits per heavy atom. The molecule has 0 spiro atoms. The number of carbonyl (C=O) groups excluding carboxylic acids is 1. The summed E-state index contributed by atoms with van der Waals surface area (Å²) >= 11 is 0. The Kier molecular flexibility index (Phi) is 7.02. The van der Waals surface area contributed by atoms with Crippen molar-refractivity contribution in [2.45, 2.75) is 64.8 Å². The first kappa shape index (κ1) is 26.3. The highest BCUT2D eigenvalue weighted by atomic mass is 16.6. The molecule has 5 rings (SSSR count). The van der Waals surface area contributed by atoms with Crippen LogP contribution in [0.4, 0.5) is 10.7 Å². The van der Waals surface area contributed by atoms with Gasteiger partial charge >= 0.3 is 6.09 Å². The average Bonchev–Trinajstić information content (AvgIpc) is 3.48. The molecule has 10 nitrogen and oxygen atoms in total. The van der Waals surface area contributed by atoms with E-state index in [4.69, 9.17) is 9.47 Å². The van der Waals surface area contributed by atoms with Crippen molar-refractivity contribution in [3.63, 3.8) is 0 Å². The third-order valence-corrected chi connectivity index (χ3v) is 6.05. The van der Waals surface area contributed by atoms with Gasteiger partial charge in [0.05, 0.1) is 23.4 Å². The van der Waals surface area contributed by atoms with Gasteiger partial charge in [0.2, 0.25) is 5.95 Å². The summed E-state index contributed by atoms with van der Waals surface area (Å²) in [6.07, 6.45) is 6.60. The minimum absolute atomic E-state index is 0.0851. The molecule has 0 aliphatic carbocycles. The predicted molar refractivity (Wildman–Crippen MR) is 147 cm³/mol. The number of rotatable bonds is 4. The second-order valence-electron chi connectivity index (χ2n) is 11.0. The summed E-state index contributed by atoms with van der Waals surface area (Å²) < 4.78 is 12.7. The molecular weight excluding hydrogens is 494 g/mol. The molecule has 1 fully saturated rings. The van der Waals surface area contributed by atoms with Crippen molar-refractivity contribution in [3.8, 4) is 23.4 Å². The van der Waals surface area contributed by atoms with Crippen LogP contribution in [-0.4, -0.2) is 59.7 Å². The number of anilines is 1. The number of fused-ring (bicyclic) bond motifs is 1. The molecule has 0 radical (unpaired) electrons. The monoisotopic (exact) mass is 525 g/mol. The van der Waals surface area contributed by atoms with E-state index < -0.39 is 11.7 Å². The van der Waals surface area contributed by atoms with Gasteiger partial charge in [-0.05, 0) is 83.7 Å². The molecule has 1 unspecified atom stereocenters. The minimum atomic E-state index is -0.608. The standard InChI is InChI=1S/C29H31N7O3/c1-28(2,3)39-27(37)36-24-9-7-19(16-20(24)17-33-36)6-8-21-11-14-30-25(34-21)23-12-15-31-26(35-23)32-18-22-10-13-29(4,5)38-22/h7,9,11-12,14-17,22H,10,13,18H2,1-5H3,(H,31,32,35). The zero-order valence-corrected chi connectivity index (χ0v) is 22.7. The van der Waals surface area contributed by atoms with Crippen LogP contribution >= 0.6 is 0 Å². The Morgan fingerprint density at radius 1 is 1.15 bits per heavy atom. The first-order valence-corrected chi connectivity index (χ1v) is 12.9. The lowest BCUT2D eigenvalue weighted by Gasteiger charge is -2.19. The van der Waals surface area contributed by atoms with E-state index in [1.54, 1.807) is 36.8 Å². The normalized spacial score (nSPS) is 16.5. The molecule has 1 N–H and O–H groups in total. The van der Waals surface area contributed by atoms with Crippen molar-refractivity contribution in [1.29, 1.82) is 0 Å². The van der Waals surface area contributed by atoms with Crippen molar-refractivity contribution >= 4 is 22.9 Å². The van der Waals surface area contributed by atoms with Gasteiger partial charge in [0, 0.05) is 29.9 Å². The Morgan fingerprint density at radius 2 is 1.97 bits per heavy atom. The Hall–Kier alpha value is -4.36. The molecule has 10 heteroatoms. The van der Waals surface area contributed by atoms with E-state index in [9.17, 15) is 4.79 Å². The first-order chi connectivity index (χ1) is 18.5. The summed E-state index contributed by atoms with van der Waals surface area (Å²) in [5, 5.41) is 8.23. The maximum atomic E-state index is 12.4. The molecule has 1 saturated heterocycles. The molecule has 4 heterocycles. The lowest BCUT2D eigenvalue weighted by Crippen LogP contribution is -2.27. The Bertz CT molecular complexity index is 1580. The molecule has 1 aromatic carbocycles. The summed E-state index contributed by atoms with van der Waals surface area (Å²) in [6, 6.07) is 9.01. The highest BCUT2D eigenvalue weighted by Gasteiger charge is 2.31. The number of hydrogen-bond acceptors (Lipinski definition) is 9. The van der Waals surface area contributed by atoms with Crippen LogP contribution in [0.15, 0.2) is 48.9 Å². The quantitative estimate of drug-likeness (QED) is 0.374. The number of nitrogens with one attached hydrogen (secondary N) is 1. The second-order valence-corrected chi connectivity index (χ2v) is 11.0. The van der Waals surface area contributed by atoms with E-state index in [0.717, 1.165) is 23.8 Å². The van der Waals surface area contributed by atoms with Gasteiger partial charge in [-0.2, -0.15) is 9.78 Å². The van der Waals surface area contributed by atoms with Crippen LogP contribution in [-0.2, 0) is 9.47 Å². The van der Waals surface area contributed by atoms with Crippen LogP contribution in [0.5, 0.6) is 0 Å². The van der Waals surface area contributed by atoms with Crippen molar-refractivity contribution in [2.24, 2.45) is 0 Å². The molecule has 0 amide bonds. The van der Waals surface area contributed by atoms with E-state index in [-0.39, 0.29) is 11.7 Å². The lowest BCUT2D eigenvalue weighted by molar-refractivity contribution is -0.00917. The van der Waals surface area contributed by atoms with Gasteiger partial charge in [-0.3, -0.25) is 0 Å². The number of ether oxygens (including phenoxy) is 2. The van der Waals surface area contributed by atoms with Crippen LogP contribution in [0, 0.1) is 11.8 Å². The molecule has 4 aromatic rings. The number of hydrogen-bond donors (Lipinski definition) is 1. The fourth-order valence-electron chi connectivity index (χ4n) is 4.24. The Balaban J connectivity index is 1.29. The third kappa shape index (κ3) is 6.56. The van der Waals surface area contributed by atoms with Gasteiger partial charge in [0.15, 0.2) is 5.82 Å². The summed E-state index contributed by atoms with van der Waals surface area (Å²) in [6.45, 7) is 10.3. The fourth-order valence-corrected chi connectivity index (χ4v) is 4.24. The largest absolute Gasteiger partial charge is 0.442 e. The molecule has 1 aliphatic heterocycles. The summed E-state index contributed by atoms with van der Waals surface area (Å²) in [5.74, 6) is 7.17. The van der Waals surface area contributed by atoms with E-state index in [0.29, 0.717) is 35.2 Å². The van der Waals surface area contributed by atoms with Crippen LogP contribution in [0.1, 0.15) is 58.7 Å². The summed E-state index contributed by atoms with van der Waals surface area (Å²) in [4.78, 5) is 30.3. The van der Waals surface area contributed by atoms with Gasteiger partial charge < -0.3 is 14.8 Å². The summed E-state index contributed by atoms with van der Waals surface area (Å²) in [7, 11) is 0. The molecule has 200 valence electrons. The average molecular weight is 526 g/mol. The highest BCUT2D eigenvalue weighted by Crippen LogP contribution is 2.29. The molecule has 1 aliphatic rings. The van der Waals surface area contributed by atoms with Crippen molar-refractivity contribution in [1.82, 2.24) is 29.7 Å². The van der Waals surface area contributed by atoms with Crippen LogP contribution in [0.25, 0.3) is 22.4 Å². The fraction of sp³-hybridized carbons (Fsp3) is 0.379. The lowest BCUT2D eigenvalue weighted by atomic mass is 10.1. The summed E-state index contributed by atoms with van der Waals surface area (Å²) in [5.41, 5.74) is 1.87. The molecular formula is C29H31N7O3. The number of aromatic nitrogens is 6.